The van der Waals surface area contributed by atoms with Crippen molar-refractivity contribution >= 4 is 11.9 Å². The molecule has 0 aromatic carbocycles. The molecule has 0 bridgehead atoms. The van der Waals surface area contributed by atoms with E-state index in [1.165, 1.54) is 6.92 Å². The van der Waals surface area contributed by atoms with Crippen molar-refractivity contribution in [1.82, 2.24) is 4.90 Å². The second-order valence-corrected chi connectivity index (χ2v) is 4.41. The van der Waals surface area contributed by atoms with Gasteiger partial charge in [0.1, 0.15) is 0 Å². The molecule has 0 radical (unpaired) electrons. The Hall–Kier alpha value is -1.41. The van der Waals surface area contributed by atoms with Gasteiger partial charge in [0, 0.05) is 13.1 Å². The summed E-state index contributed by atoms with van der Waals surface area (Å²) in [5, 5.41) is 8.79. The molecule has 1 fully saturated rings. The minimum absolute atomic E-state index is 0.165. The lowest BCUT2D eigenvalue weighted by Crippen LogP contribution is -2.52. The normalized spacial score (nSPS) is 25.3. The average molecular weight is 275 g/mol. The molecule has 1 N–H and O–H groups in total. The molecule has 18 heavy (non-hydrogen) atoms. The highest BCUT2D eigenvalue weighted by Crippen LogP contribution is 2.39. The van der Waals surface area contributed by atoms with Crippen LogP contribution < -0.4 is 0 Å². The molecule has 0 saturated carbocycles. The van der Waals surface area contributed by atoms with Gasteiger partial charge in [0.05, 0.1) is 5.41 Å². The summed E-state index contributed by atoms with van der Waals surface area (Å²) in [4.78, 5) is 22.1. The Labute approximate surface area is 98.4 Å². The van der Waals surface area contributed by atoms with Crippen molar-refractivity contribution in [2.75, 3.05) is 13.1 Å². The summed E-state index contributed by atoms with van der Waals surface area (Å²) in [5.41, 5.74) is -1.49. The standard InChI is InChI=1S/C9H10F5NO3/c1-7(6(17)18)2-3-15(4-7)5(16)8(10,11)9(12,13)14/h2-4H2,1H3,(H,17,18). The van der Waals surface area contributed by atoms with E-state index in [0.717, 1.165) is 0 Å². The van der Waals surface area contributed by atoms with Crippen LogP contribution in [-0.2, 0) is 9.59 Å². The van der Waals surface area contributed by atoms with Crippen LogP contribution in [-0.4, -0.2) is 47.1 Å². The molecule has 4 nitrogen and oxygen atoms in total. The largest absolute Gasteiger partial charge is 0.481 e. The van der Waals surface area contributed by atoms with Crippen molar-refractivity contribution in [2.24, 2.45) is 5.41 Å². The average Bonchev–Trinajstić information content (AvgIpc) is 2.59. The first-order valence-corrected chi connectivity index (χ1v) is 4.89. The molecule has 1 unspecified atom stereocenters. The maximum Gasteiger partial charge on any atom is 0.463 e. The second-order valence-electron chi connectivity index (χ2n) is 4.41. The monoisotopic (exact) mass is 275 g/mol. The topological polar surface area (TPSA) is 57.6 Å². The minimum atomic E-state index is -5.98. The molecule has 1 saturated heterocycles. The number of hydrogen-bond acceptors (Lipinski definition) is 2. The number of alkyl halides is 5. The predicted molar refractivity (Wildman–Crippen MR) is 47.9 cm³/mol. The van der Waals surface area contributed by atoms with Crippen LogP contribution in [0.15, 0.2) is 0 Å². The van der Waals surface area contributed by atoms with Gasteiger partial charge in [0.2, 0.25) is 0 Å². The molecular formula is C9H10F5NO3. The molecule has 0 aliphatic carbocycles. The zero-order chi connectivity index (χ0) is 14.4. The van der Waals surface area contributed by atoms with Crippen LogP contribution in [0.2, 0.25) is 0 Å². The molecule has 1 atom stereocenters. The number of nitrogens with zero attached hydrogens (tertiary/aromatic N) is 1. The first-order chi connectivity index (χ1) is 7.92. The molecular weight excluding hydrogens is 265 g/mol. The fourth-order valence-corrected chi connectivity index (χ4v) is 1.63. The van der Waals surface area contributed by atoms with Gasteiger partial charge in [-0.25, -0.2) is 0 Å². The highest BCUT2D eigenvalue weighted by atomic mass is 19.4. The number of carbonyl (C=O) groups excluding carboxylic acids is 1. The molecule has 0 spiro atoms. The van der Waals surface area contributed by atoms with E-state index in [1.54, 1.807) is 0 Å². The van der Waals surface area contributed by atoms with Gasteiger partial charge in [-0.1, -0.05) is 0 Å². The summed E-state index contributed by atoms with van der Waals surface area (Å²) >= 11 is 0. The highest BCUT2D eigenvalue weighted by Gasteiger charge is 2.65. The van der Waals surface area contributed by atoms with Crippen LogP contribution in [0, 0.1) is 5.41 Å². The zero-order valence-electron chi connectivity index (χ0n) is 9.22. The van der Waals surface area contributed by atoms with Crippen molar-refractivity contribution in [3.05, 3.63) is 0 Å². The SMILES string of the molecule is CC1(C(=O)O)CCN(C(=O)C(F)(F)C(F)(F)F)C1. The third-order valence-corrected chi connectivity index (χ3v) is 2.90. The van der Waals surface area contributed by atoms with Gasteiger partial charge >= 0.3 is 24.0 Å². The lowest BCUT2D eigenvalue weighted by molar-refractivity contribution is -0.274. The Morgan fingerprint density at radius 2 is 1.72 bits per heavy atom. The number of rotatable bonds is 2. The Morgan fingerprint density at radius 1 is 1.22 bits per heavy atom. The van der Waals surface area contributed by atoms with Crippen LogP contribution in [0.1, 0.15) is 13.3 Å². The van der Waals surface area contributed by atoms with Gasteiger partial charge in [-0.05, 0) is 13.3 Å². The van der Waals surface area contributed by atoms with Crippen LogP contribution in [0.25, 0.3) is 0 Å². The van der Waals surface area contributed by atoms with Gasteiger partial charge in [0.25, 0.3) is 0 Å². The van der Waals surface area contributed by atoms with Gasteiger partial charge in [-0.3, -0.25) is 9.59 Å². The Balaban J connectivity index is 2.87. The maximum absolute atomic E-state index is 12.8. The molecule has 1 rings (SSSR count). The summed E-state index contributed by atoms with van der Waals surface area (Å²) in [6, 6.07) is 0. The van der Waals surface area contributed by atoms with Gasteiger partial charge < -0.3 is 10.0 Å². The van der Waals surface area contributed by atoms with Crippen molar-refractivity contribution in [3.8, 4) is 0 Å². The van der Waals surface area contributed by atoms with Gasteiger partial charge in [-0.15, -0.1) is 0 Å². The third-order valence-electron chi connectivity index (χ3n) is 2.90. The predicted octanol–water partition coefficient (Wildman–Crippen LogP) is 1.51. The lowest BCUT2D eigenvalue weighted by atomic mass is 9.90. The zero-order valence-corrected chi connectivity index (χ0v) is 9.22. The summed E-state index contributed by atoms with van der Waals surface area (Å²) in [5.74, 6) is -9.23. The van der Waals surface area contributed by atoms with E-state index >= 15 is 0 Å². The lowest BCUT2D eigenvalue weighted by Gasteiger charge is -2.25. The Morgan fingerprint density at radius 3 is 2.06 bits per heavy atom. The number of carbonyl (C=O) groups is 2. The first-order valence-electron chi connectivity index (χ1n) is 4.89. The smallest absolute Gasteiger partial charge is 0.463 e. The fraction of sp³-hybridized carbons (Fsp3) is 0.778. The minimum Gasteiger partial charge on any atom is -0.481 e. The number of likely N-dealkylation sites (tertiary alicyclic amines) is 1. The molecule has 9 heteroatoms. The second kappa shape index (κ2) is 4.06. The first kappa shape index (κ1) is 14.7. The van der Waals surface area contributed by atoms with Gasteiger partial charge in [0.15, 0.2) is 0 Å². The van der Waals surface area contributed by atoms with E-state index in [1.807, 2.05) is 0 Å². The number of halogens is 5. The molecule has 0 aromatic rings. The molecule has 0 aromatic heterocycles. The molecule has 104 valence electrons. The van der Waals surface area contributed by atoms with E-state index in [2.05, 4.69) is 0 Å². The van der Waals surface area contributed by atoms with Gasteiger partial charge in [-0.2, -0.15) is 22.0 Å². The number of carboxylic acid groups (broad SMARTS) is 1. The number of carboxylic acids is 1. The van der Waals surface area contributed by atoms with E-state index in [-0.39, 0.29) is 11.3 Å². The van der Waals surface area contributed by atoms with E-state index in [4.69, 9.17) is 5.11 Å². The number of aliphatic carboxylic acids is 1. The van der Waals surface area contributed by atoms with Crippen molar-refractivity contribution in [2.45, 2.75) is 25.4 Å². The van der Waals surface area contributed by atoms with Crippen molar-refractivity contribution in [1.29, 1.82) is 0 Å². The summed E-state index contributed by atoms with van der Waals surface area (Å²) in [7, 11) is 0. The Bertz CT molecular complexity index is 381. The summed E-state index contributed by atoms with van der Waals surface area (Å²) in [6.07, 6.45) is -6.14. The highest BCUT2D eigenvalue weighted by molar-refractivity contribution is 5.86. The number of hydrogen-bond donors (Lipinski definition) is 1. The van der Waals surface area contributed by atoms with Crippen molar-refractivity contribution in [3.63, 3.8) is 0 Å². The van der Waals surface area contributed by atoms with Crippen LogP contribution >= 0.6 is 0 Å². The van der Waals surface area contributed by atoms with Crippen LogP contribution in [0.5, 0.6) is 0 Å². The summed E-state index contributed by atoms with van der Waals surface area (Å²) < 4.78 is 61.5. The Kier molecular flexibility index (Phi) is 3.30. The third kappa shape index (κ3) is 2.25. The molecule has 1 heterocycles. The molecule has 1 amide bonds. The van der Waals surface area contributed by atoms with Crippen molar-refractivity contribution < 1.29 is 36.6 Å². The van der Waals surface area contributed by atoms with E-state index in [0.29, 0.717) is 0 Å². The summed E-state index contributed by atoms with van der Waals surface area (Å²) in [6.45, 7) is 0.0918. The quantitative estimate of drug-likeness (QED) is 0.777. The maximum atomic E-state index is 12.8. The van der Waals surface area contributed by atoms with E-state index < -0.39 is 42.5 Å². The number of amides is 1. The van der Waals surface area contributed by atoms with E-state index in [9.17, 15) is 31.5 Å². The fourth-order valence-electron chi connectivity index (χ4n) is 1.63. The van der Waals surface area contributed by atoms with Crippen LogP contribution in [0.4, 0.5) is 22.0 Å². The molecule has 1 aliphatic heterocycles. The molecule has 1 aliphatic rings. The van der Waals surface area contributed by atoms with Crippen LogP contribution in [0.3, 0.4) is 0 Å².